The van der Waals surface area contributed by atoms with Gasteiger partial charge in [-0.3, -0.25) is 9.78 Å². The Morgan fingerprint density at radius 3 is 2.86 bits per heavy atom. The minimum Gasteiger partial charge on any atom is -0.356 e. The molecule has 0 unspecified atom stereocenters. The van der Waals surface area contributed by atoms with E-state index in [9.17, 15) is 4.79 Å². The molecule has 0 aromatic carbocycles. The summed E-state index contributed by atoms with van der Waals surface area (Å²) in [6.45, 7) is 1.21. The lowest BCUT2D eigenvalue weighted by atomic mass is 10.3. The molecule has 8 heteroatoms. The minimum atomic E-state index is -0.0171. The van der Waals surface area contributed by atoms with Crippen molar-refractivity contribution in [1.29, 1.82) is 0 Å². The lowest BCUT2D eigenvalue weighted by molar-refractivity contribution is -0.120. The van der Waals surface area contributed by atoms with E-state index in [-0.39, 0.29) is 30.7 Å². The Morgan fingerprint density at radius 1 is 1.38 bits per heavy atom. The zero-order valence-corrected chi connectivity index (χ0v) is 13.8. The molecule has 2 rings (SSSR count). The molecule has 0 aliphatic carbocycles. The largest absolute Gasteiger partial charge is 0.356 e. The van der Waals surface area contributed by atoms with Crippen molar-refractivity contribution < 1.29 is 4.79 Å². The zero-order chi connectivity index (χ0) is 13.5. The summed E-state index contributed by atoms with van der Waals surface area (Å²) in [4.78, 5) is 20.1. The van der Waals surface area contributed by atoms with E-state index in [1.165, 1.54) is 11.3 Å². The van der Waals surface area contributed by atoms with Crippen molar-refractivity contribution in [3.63, 3.8) is 0 Å². The van der Waals surface area contributed by atoms with Gasteiger partial charge in [-0.2, -0.15) is 0 Å². The molecule has 0 radical (unpaired) electrons. The third-order valence-corrected chi connectivity index (χ3v) is 3.45. The van der Waals surface area contributed by atoms with Gasteiger partial charge in [0.25, 0.3) is 0 Å². The standard InChI is InChI=1S/C13H16N4OS.2ClH/c14-4-2-6-16-12(18)7-11-9-19-13(17-11)10-3-1-5-15-8-10;;/h1,3,5,8-9H,2,4,6-7,14H2,(H,16,18);2*1H. The molecule has 0 saturated heterocycles. The second-order valence-electron chi connectivity index (χ2n) is 4.05. The molecule has 0 fully saturated rings. The Labute approximate surface area is 140 Å². The number of carbonyl (C=O) groups excluding carboxylic acids is 1. The summed E-state index contributed by atoms with van der Waals surface area (Å²) in [6, 6.07) is 3.83. The smallest absolute Gasteiger partial charge is 0.226 e. The van der Waals surface area contributed by atoms with Crippen molar-refractivity contribution >= 4 is 42.1 Å². The molecule has 2 aromatic rings. The van der Waals surface area contributed by atoms with Crippen LogP contribution in [0.5, 0.6) is 0 Å². The van der Waals surface area contributed by atoms with Crippen LogP contribution < -0.4 is 11.1 Å². The monoisotopic (exact) mass is 348 g/mol. The summed E-state index contributed by atoms with van der Waals surface area (Å²) in [5.74, 6) is -0.0171. The van der Waals surface area contributed by atoms with E-state index in [0.717, 1.165) is 22.7 Å². The van der Waals surface area contributed by atoms with Crippen molar-refractivity contribution in [2.45, 2.75) is 12.8 Å². The normalized spacial score (nSPS) is 9.38. The number of hydrogen-bond acceptors (Lipinski definition) is 5. The molecular formula is C13H18Cl2N4OS. The predicted octanol–water partition coefficient (Wildman–Crippen LogP) is 2.06. The molecule has 0 aliphatic heterocycles. The van der Waals surface area contributed by atoms with Gasteiger partial charge in [0.05, 0.1) is 12.1 Å². The predicted molar refractivity (Wildman–Crippen MR) is 90.2 cm³/mol. The number of amides is 1. The zero-order valence-electron chi connectivity index (χ0n) is 11.3. The van der Waals surface area contributed by atoms with Gasteiger partial charge in [-0.15, -0.1) is 36.2 Å². The van der Waals surface area contributed by atoms with Gasteiger partial charge in [0.15, 0.2) is 0 Å². The van der Waals surface area contributed by atoms with Crippen LogP contribution in [0.15, 0.2) is 29.9 Å². The van der Waals surface area contributed by atoms with Crippen molar-refractivity contribution in [3.05, 3.63) is 35.6 Å². The SMILES string of the molecule is Cl.Cl.NCCCNC(=O)Cc1csc(-c2cccnc2)n1. The maximum atomic E-state index is 11.6. The number of hydrogen-bond donors (Lipinski definition) is 2. The highest BCUT2D eigenvalue weighted by Gasteiger charge is 2.08. The third-order valence-electron chi connectivity index (χ3n) is 2.50. The van der Waals surface area contributed by atoms with Crippen LogP contribution in [-0.4, -0.2) is 29.0 Å². The fourth-order valence-electron chi connectivity index (χ4n) is 1.57. The van der Waals surface area contributed by atoms with Gasteiger partial charge in [-0.25, -0.2) is 4.98 Å². The number of nitrogens with two attached hydrogens (primary N) is 1. The average Bonchev–Trinajstić information content (AvgIpc) is 2.88. The van der Waals surface area contributed by atoms with E-state index in [4.69, 9.17) is 5.73 Å². The second-order valence-corrected chi connectivity index (χ2v) is 4.91. The highest BCUT2D eigenvalue weighted by molar-refractivity contribution is 7.13. The molecule has 0 aliphatic rings. The minimum absolute atomic E-state index is 0. The first-order valence-electron chi connectivity index (χ1n) is 6.11. The lowest BCUT2D eigenvalue weighted by Crippen LogP contribution is -2.27. The Hall–Kier alpha value is -1.21. The van der Waals surface area contributed by atoms with Crippen LogP contribution in [0.4, 0.5) is 0 Å². The molecule has 1 amide bonds. The van der Waals surface area contributed by atoms with Crippen LogP contribution in [0.25, 0.3) is 10.6 Å². The molecular weight excluding hydrogens is 331 g/mol. The van der Waals surface area contributed by atoms with Crippen molar-refractivity contribution in [3.8, 4) is 10.6 Å². The summed E-state index contributed by atoms with van der Waals surface area (Å²) in [7, 11) is 0. The van der Waals surface area contributed by atoms with Crippen LogP contribution in [0, 0.1) is 0 Å². The van der Waals surface area contributed by atoms with E-state index in [1.54, 1.807) is 12.4 Å². The number of pyridine rings is 1. The van der Waals surface area contributed by atoms with Gasteiger partial charge in [0.1, 0.15) is 5.01 Å². The van der Waals surface area contributed by atoms with Crippen molar-refractivity contribution in [2.24, 2.45) is 5.73 Å². The quantitative estimate of drug-likeness (QED) is 0.783. The van der Waals surface area contributed by atoms with Gasteiger partial charge in [-0.1, -0.05) is 0 Å². The number of nitrogens with zero attached hydrogens (tertiary/aromatic N) is 2. The first kappa shape index (κ1) is 19.8. The molecule has 21 heavy (non-hydrogen) atoms. The highest BCUT2D eigenvalue weighted by Crippen LogP contribution is 2.22. The van der Waals surface area contributed by atoms with Crippen molar-refractivity contribution in [2.75, 3.05) is 13.1 Å². The lowest BCUT2D eigenvalue weighted by Gasteiger charge is -2.01. The molecule has 2 heterocycles. The van der Waals surface area contributed by atoms with Crippen LogP contribution in [0.2, 0.25) is 0 Å². The first-order chi connectivity index (χ1) is 9.29. The average molecular weight is 349 g/mol. The maximum absolute atomic E-state index is 11.6. The number of thiazole rings is 1. The Morgan fingerprint density at radius 2 is 2.19 bits per heavy atom. The molecule has 3 N–H and O–H groups in total. The van der Waals surface area contributed by atoms with Gasteiger partial charge in [0, 0.05) is 29.9 Å². The van der Waals surface area contributed by atoms with E-state index >= 15 is 0 Å². The number of rotatable bonds is 6. The van der Waals surface area contributed by atoms with Crippen LogP contribution in [0.1, 0.15) is 12.1 Å². The third kappa shape index (κ3) is 6.39. The number of halogens is 2. The first-order valence-corrected chi connectivity index (χ1v) is 6.99. The van der Waals surface area contributed by atoms with Crippen LogP contribution in [0.3, 0.4) is 0 Å². The molecule has 0 saturated carbocycles. The second kappa shape index (κ2) is 10.5. The fraction of sp³-hybridized carbons (Fsp3) is 0.308. The van der Waals surface area contributed by atoms with E-state index < -0.39 is 0 Å². The van der Waals surface area contributed by atoms with Gasteiger partial charge in [0.2, 0.25) is 5.91 Å². The van der Waals surface area contributed by atoms with Crippen LogP contribution in [-0.2, 0) is 11.2 Å². The number of carbonyl (C=O) groups is 1. The fourth-order valence-corrected chi connectivity index (χ4v) is 2.38. The highest BCUT2D eigenvalue weighted by atomic mass is 35.5. The van der Waals surface area contributed by atoms with Crippen molar-refractivity contribution in [1.82, 2.24) is 15.3 Å². The molecule has 0 spiro atoms. The molecule has 5 nitrogen and oxygen atoms in total. The summed E-state index contributed by atoms with van der Waals surface area (Å²) in [5, 5.41) is 5.61. The number of nitrogens with one attached hydrogen (secondary N) is 1. The molecule has 2 aromatic heterocycles. The molecule has 116 valence electrons. The maximum Gasteiger partial charge on any atom is 0.226 e. The summed E-state index contributed by atoms with van der Waals surface area (Å²) < 4.78 is 0. The van der Waals surface area contributed by atoms with E-state index in [2.05, 4.69) is 15.3 Å². The molecule has 0 atom stereocenters. The van der Waals surface area contributed by atoms with Gasteiger partial charge in [-0.05, 0) is 25.1 Å². The Kier molecular flexibility index (Phi) is 9.90. The van der Waals surface area contributed by atoms with E-state index in [1.807, 2.05) is 17.5 Å². The summed E-state index contributed by atoms with van der Waals surface area (Å²) >= 11 is 1.52. The van der Waals surface area contributed by atoms with E-state index in [0.29, 0.717) is 19.5 Å². The van der Waals surface area contributed by atoms with Gasteiger partial charge >= 0.3 is 0 Å². The Balaban J connectivity index is 0.00000200. The van der Waals surface area contributed by atoms with Crippen LogP contribution >= 0.6 is 36.2 Å². The molecule has 0 bridgehead atoms. The topological polar surface area (TPSA) is 80.9 Å². The van der Waals surface area contributed by atoms with Gasteiger partial charge < -0.3 is 11.1 Å². The Bertz CT molecular complexity index is 536. The summed E-state index contributed by atoms with van der Waals surface area (Å²) in [6.07, 6.45) is 4.60. The number of aromatic nitrogens is 2. The summed E-state index contributed by atoms with van der Waals surface area (Å²) in [5.41, 5.74) is 7.13.